The van der Waals surface area contributed by atoms with Gasteiger partial charge in [0.25, 0.3) is 0 Å². The minimum Gasteiger partial charge on any atom is -0.497 e. The van der Waals surface area contributed by atoms with E-state index in [0.717, 1.165) is 16.3 Å². The van der Waals surface area contributed by atoms with Gasteiger partial charge in [0, 0.05) is 22.4 Å². The number of fused-ring (bicyclic) bond motifs is 2. The lowest BCUT2D eigenvalue weighted by Crippen LogP contribution is -2.08. The standard InChI is InChI=1S/C21H15ClN2O3/c1-26-16-8-6-14-10-15(20(22)24-19(14)11-16)12-27-21(25)18-9-7-13-4-2-3-5-17(13)23-18/h2-11H,12H2,1H3. The predicted octanol–water partition coefficient (Wildman–Crippen LogP) is 4.80. The Labute approximate surface area is 160 Å². The number of halogens is 1. The molecule has 0 aliphatic carbocycles. The number of carbonyl (C=O) groups is 1. The van der Waals surface area contributed by atoms with Gasteiger partial charge in [0.2, 0.25) is 0 Å². The number of hydrogen-bond acceptors (Lipinski definition) is 5. The second kappa shape index (κ2) is 7.21. The fourth-order valence-corrected chi connectivity index (χ4v) is 2.99. The Morgan fingerprint density at radius 1 is 0.963 bits per heavy atom. The number of esters is 1. The van der Waals surface area contributed by atoms with Gasteiger partial charge < -0.3 is 9.47 Å². The van der Waals surface area contributed by atoms with Crippen molar-refractivity contribution in [1.29, 1.82) is 0 Å². The second-order valence-corrected chi connectivity index (χ2v) is 6.32. The number of rotatable bonds is 4. The summed E-state index contributed by atoms with van der Waals surface area (Å²) in [6.07, 6.45) is 0. The van der Waals surface area contributed by atoms with Crippen molar-refractivity contribution in [2.45, 2.75) is 6.61 Å². The quantitative estimate of drug-likeness (QED) is 0.377. The largest absolute Gasteiger partial charge is 0.497 e. The monoisotopic (exact) mass is 378 g/mol. The highest BCUT2D eigenvalue weighted by Crippen LogP contribution is 2.25. The summed E-state index contributed by atoms with van der Waals surface area (Å²) in [6.45, 7) is 0.0150. The molecule has 2 aromatic heterocycles. The molecule has 134 valence electrons. The highest BCUT2D eigenvalue weighted by atomic mass is 35.5. The second-order valence-electron chi connectivity index (χ2n) is 5.96. The number of carbonyl (C=O) groups excluding carboxylic acids is 1. The number of aromatic nitrogens is 2. The number of methoxy groups -OCH3 is 1. The zero-order chi connectivity index (χ0) is 18.8. The molecule has 0 aliphatic rings. The van der Waals surface area contributed by atoms with Crippen molar-refractivity contribution in [3.8, 4) is 5.75 Å². The first-order valence-electron chi connectivity index (χ1n) is 8.30. The average molecular weight is 379 g/mol. The summed E-state index contributed by atoms with van der Waals surface area (Å²) in [4.78, 5) is 21.1. The number of benzene rings is 2. The molecule has 2 heterocycles. The van der Waals surface area contributed by atoms with E-state index >= 15 is 0 Å². The predicted molar refractivity (Wildman–Crippen MR) is 104 cm³/mol. The molecule has 0 N–H and O–H groups in total. The summed E-state index contributed by atoms with van der Waals surface area (Å²) >= 11 is 6.25. The van der Waals surface area contributed by atoms with Crippen molar-refractivity contribution in [2.75, 3.05) is 7.11 Å². The maximum absolute atomic E-state index is 12.4. The third kappa shape index (κ3) is 3.55. The van der Waals surface area contributed by atoms with Gasteiger partial charge in [-0.15, -0.1) is 0 Å². The SMILES string of the molecule is COc1ccc2cc(COC(=O)c3ccc4ccccc4n3)c(Cl)nc2c1. The van der Waals surface area contributed by atoms with Crippen LogP contribution >= 0.6 is 11.6 Å². The third-order valence-corrected chi connectivity index (χ3v) is 4.54. The van der Waals surface area contributed by atoms with Crippen LogP contribution in [-0.4, -0.2) is 23.0 Å². The summed E-state index contributed by atoms with van der Waals surface area (Å²) in [6, 6.07) is 18.5. The summed E-state index contributed by atoms with van der Waals surface area (Å²) in [5.74, 6) is 0.194. The van der Waals surface area contributed by atoms with Crippen LogP contribution in [0.3, 0.4) is 0 Å². The van der Waals surface area contributed by atoms with Crippen LogP contribution in [0.1, 0.15) is 16.1 Å². The van der Waals surface area contributed by atoms with Crippen molar-refractivity contribution < 1.29 is 14.3 Å². The average Bonchev–Trinajstić information content (AvgIpc) is 2.71. The van der Waals surface area contributed by atoms with E-state index in [0.29, 0.717) is 16.8 Å². The van der Waals surface area contributed by atoms with Crippen molar-refractivity contribution in [2.24, 2.45) is 0 Å². The van der Waals surface area contributed by atoms with E-state index in [1.807, 2.05) is 48.5 Å². The summed E-state index contributed by atoms with van der Waals surface area (Å²) in [5.41, 5.74) is 2.34. The van der Waals surface area contributed by atoms with Crippen molar-refractivity contribution in [3.05, 3.63) is 77.1 Å². The van der Waals surface area contributed by atoms with Crippen LogP contribution in [0.2, 0.25) is 5.15 Å². The zero-order valence-electron chi connectivity index (χ0n) is 14.5. The lowest BCUT2D eigenvalue weighted by atomic mass is 10.1. The molecule has 5 nitrogen and oxygen atoms in total. The van der Waals surface area contributed by atoms with Crippen LogP contribution in [0.25, 0.3) is 21.8 Å². The molecule has 2 aromatic carbocycles. The minimum absolute atomic E-state index is 0.0150. The van der Waals surface area contributed by atoms with Gasteiger partial charge in [0.05, 0.1) is 18.1 Å². The summed E-state index contributed by atoms with van der Waals surface area (Å²) < 4.78 is 10.6. The topological polar surface area (TPSA) is 61.3 Å². The van der Waals surface area contributed by atoms with E-state index in [-0.39, 0.29) is 17.5 Å². The first-order valence-corrected chi connectivity index (χ1v) is 8.68. The van der Waals surface area contributed by atoms with E-state index < -0.39 is 5.97 Å². The third-order valence-electron chi connectivity index (χ3n) is 4.22. The van der Waals surface area contributed by atoms with Gasteiger partial charge in [0.15, 0.2) is 0 Å². The molecule has 0 fully saturated rings. The Balaban J connectivity index is 1.54. The highest BCUT2D eigenvalue weighted by molar-refractivity contribution is 6.30. The number of nitrogens with zero attached hydrogens (tertiary/aromatic N) is 2. The van der Waals surface area contributed by atoms with Crippen molar-refractivity contribution >= 4 is 39.4 Å². The first-order chi connectivity index (χ1) is 13.1. The van der Waals surface area contributed by atoms with E-state index in [2.05, 4.69) is 9.97 Å². The van der Waals surface area contributed by atoms with Gasteiger partial charge in [0.1, 0.15) is 23.2 Å². The van der Waals surface area contributed by atoms with E-state index in [9.17, 15) is 4.79 Å². The Hall–Kier alpha value is -3.18. The smallest absolute Gasteiger partial charge is 0.357 e. The van der Waals surface area contributed by atoms with E-state index in [1.165, 1.54) is 0 Å². The number of ether oxygens (including phenoxy) is 2. The minimum atomic E-state index is -0.508. The number of para-hydroxylation sites is 1. The molecule has 0 bridgehead atoms. The molecule has 0 saturated carbocycles. The highest BCUT2D eigenvalue weighted by Gasteiger charge is 2.13. The summed E-state index contributed by atoms with van der Waals surface area (Å²) in [7, 11) is 1.59. The zero-order valence-corrected chi connectivity index (χ0v) is 15.2. The molecule has 4 rings (SSSR count). The molecule has 0 radical (unpaired) electrons. The fourth-order valence-electron chi connectivity index (χ4n) is 2.79. The van der Waals surface area contributed by atoms with Gasteiger partial charge in [-0.25, -0.2) is 14.8 Å². The van der Waals surface area contributed by atoms with Crippen LogP contribution in [-0.2, 0) is 11.3 Å². The Morgan fingerprint density at radius 2 is 1.78 bits per heavy atom. The van der Waals surface area contributed by atoms with E-state index in [4.69, 9.17) is 21.1 Å². The number of pyridine rings is 2. The van der Waals surface area contributed by atoms with Gasteiger partial charge in [-0.05, 0) is 30.3 Å². The first kappa shape index (κ1) is 17.2. The van der Waals surface area contributed by atoms with Gasteiger partial charge >= 0.3 is 5.97 Å². The molecular formula is C21H15ClN2O3. The van der Waals surface area contributed by atoms with Crippen LogP contribution < -0.4 is 4.74 Å². The Morgan fingerprint density at radius 3 is 2.63 bits per heavy atom. The molecule has 0 atom stereocenters. The van der Waals surface area contributed by atoms with Crippen LogP contribution in [0, 0.1) is 0 Å². The molecule has 0 amide bonds. The normalized spacial score (nSPS) is 10.9. The van der Waals surface area contributed by atoms with Gasteiger partial charge in [-0.2, -0.15) is 0 Å². The molecule has 0 saturated heterocycles. The summed E-state index contributed by atoms with van der Waals surface area (Å²) in [5, 5.41) is 2.14. The molecule has 0 spiro atoms. The Kier molecular flexibility index (Phi) is 4.60. The fraction of sp³-hybridized carbons (Fsp3) is 0.0952. The molecule has 0 unspecified atom stereocenters. The molecule has 6 heteroatoms. The molecular weight excluding hydrogens is 364 g/mol. The van der Waals surface area contributed by atoms with Crippen LogP contribution in [0.4, 0.5) is 0 Å². The van der Waals surface area contributed by atoms with Crippen molar-refractivity contribution in [1.82, 2.24) is 9.97 Å². The lowest BCUT2D eigenvalue weighted by Gasteiger charge is -2.09. The van der Waals surface area contributed by atoms with Crippen LogP contribution in [0.15, 0.2) is 60.7 Å². The lowest BCUT2D eigenvalue weighted by molar-refractivity contribution is 0.0466. The maximum atomic E-state index is 12.4. The van der Waals surface area contributed by atoms with Gasteiger partial charge in [-0.1, -0.05) is 35.9 Å². The Bertz CT molecular complexity index is 1160. The van der Waals surface area contributed by atoms with E-state index in [1.54, 1.807) is 19.2 Å². The van der Waals surface area contributed by atoms with Gasteiger partial charge in [-0.3, -0.25) is 0 Å². The number of hydrogen-bond donors (Lipinski definition) is 0. The molecule has 27 heavy (non-hydrogen) atoms. The maximum Gasteiger partial charge on any atom is 0.357 e. The van der Waals surface area contributed by atoms with Crippen LogP contribution in [0.5, 0.6) is 5.75 Å². The molecule has 4 aromatic rings. The molecule has 0 aliphatic heterocycles. The van der Waals surface area contributed by atoms with Crippen molar-refractivity contribution in [3.63, 3.8) is 0 Å².